The molecule has 200 valence electrons. The second-order valence-corrected chi connectivity index (χ2v) is 12.0. The molecule has 5 aromatic carbocycles. The Morgan fingerprint density at radius 1 is 0.512 bits per heavy atom. The Hall–Kier alpha value is -4.32. The van der Waals surface area contributed by atoms with Crippen molar-refractivity contribution in [2.75, 3.05) is 0 Å². The number of furan rings is 2. The molecule has 1 aliphatic heterocycles. The fourth-order valence-corrected chi connectivity index (χ4v) is 5.99. The molecule has 0 spiro atoms. The van der Waals surface area contributed by atoms with E-state index in [4.69, 9.17) is 18.1 Å². The zero-order valence-corrected chi connectivity index (χ0v) is 23.5. The van der Waals surface area contributed by atoms with Crippen LogP contribution in [0, 0.1) is 0 Å². The molecule has 0 saturated carbocycles. The maximum Gasteiger partial charge on any atom is 0.494 e. The van der Waals surface area contributed by atoms with Gasteiger partial charge in [0, 0.05) is 27.1 Å². The van der Waals surface area contributed by atoms with Crippen LogP contribution < -0.4 is 5.46 Å². The molecule has 7 aromatic rings. The second-order valence-electron chi connectivity index (χ2n) is 12.0. The van der Waals surface area contributed by atoms with E-state index < -0.39 is 7.12 Å². The number of hydrogen-bond acceptors (Lipinski definition) is 4. The lowest BCUT2D eigenvalue weighted by Crippen LogP contribution is -2.41. The standard InChI is InChI=1S/C36H29BO4/c1-35(2)36(3,4)41-37(40-35)24-16-13-22(14-17-24)26-19-18-25(33-28-10-6-8-12-31(28)39-34(26)33)23-15-20-32-29(21-23)27-9-5-7-11-30(27)38-32/h5-21H,1-4H3. The van der Waals surface area contributed by atoms with Crippen molar-refractivity contribution >= 4 is 56.5 Å². The smallest absolute Gasteiger partial charge is 0.456 e. The van der Waals surface area contributed by atoms with E-state index >= 15 is 0 Å². The van der Waals surface area contributed by atoms with Crippen LogP contribution in [-0.2, 0) is 9.31 Å². The van der Waals surface area contributed by atoms with Crippen LogP contribution in [-0.4, -0.2) is 18.3 Å². The maximum absolute atomic E-state index is 6.56. The summed E-state index contributed by atoms with van der Waals surface area (Å²) in [5.74, 6) is 0. The second kappa shape index (κ2) is 8.59. The van der Waals surface area contributed by atoms with Crippen molar-refractivity contribution in [2.24, 2.45) is 0 Å². The topological polar surface area (TPSA) is 44.7 Å². The van der Waals surface area contributed by atoms with E-state index in [-0.39, 0.29) is 11.2 Å². The third-order valence-electron chi connectivity index (χ3n) is 8.96. The van der Waals surface area contributed by atoms with Crippen LogP contribution in [0.2, 0.25) is 0 Å². The molecule has 1 saturated heterocycles. The Morgan fingerprint density at radius 2 is 1.10 bits per heavy atom. The first-order valence-corrected chi connectivity index (χ1v) is 14.1. The van der Waals surface area contributed by atoms with Gasteiger partial charge in [0.25, 0.3) is 0 Å². The van der Waals surface area contributed by atoms with Gasteiger partial charge in [-0.3, -0.25) is 0 Å². The van der Waals surface area contributed by atoms with Crippen molar-refractivity contribution < 1.29 is 18.1 Å². The summed E-state index contributed by atoms with van der Waals surface area (Å²) < 4.78 is 25.2. The average molecular weight is 536 g/mol. The first kappa shape index (κ1) is 24.5. The highest BCUT2D eigenvalue weighted by atomic mass is 16.7. The summed E-state index contributed by atoms with van der Waals surface area (Å²) >= 11 is 0. The van der Waals surface area contributed by atoms with Crippen molar-refractivity contribution in [2.45, 2.75) is 38.9 Å². The minimum Gasteiger partial charge on any atom is -0.456 e. The zero-order valence-electron chi connectivity index (χ0n) is 23.5. The molecule has 0 bridgehead atoms. The van der Waals surface area contributed by atoms with Gasteiger partial charge in [0.05, 0.1) is 11.2 Å². The molecule has 0 atom stereocenters. The Morgan fingerprint density at radius 3 is 1.83 bits per heavy atom. The van der Waals surface area contributed by atoms with E-state index in [1.807, 2.05) is 24.3 Å². The third kappa shape index (κ3) is 3.69. The summed E-state index contributed by atoms with van der Waals surface area (Å²) in [7, 11) is -0.392. The fraction of sp³-hybridized carbons (Fsp3) is 0.167. The summed E-state index contributed by atoms with van der Waals surface area (Å²) in [6.45, 7) is 8.31. The molecule has 3 heterocycles. The highest BCUT2D eigenvalue weighted by Crippen LogP contribution is 2.43. The molecule has 0 unspecified atom stereocenters. The first-order valence-electron chi connectivity index (χ1n) is 14.1. The molecule has 1 fully saturated rings. The number of rotatable bonds is 3. The molecule has 0 amide bonds. The Bertz CT molecular complexity index is 2100. The lowest BCUT2D eigenvalue weighted by atomic mass is 9.78. The van der Waals surface area contributed by atoms with Gasteiger partial charge >= 0.3 is 7.12 Å². The summed E-state index contributed by atoms with van der Waals surface area (Å²) in [6, 6.07) is 35.7. The molecule has 41 heavy (non-hydrogen) atoms. The molecule has 0 aliphatic carbocycles. The minimum absolute atomic E-state index is 0.377. The van der Waals surface area contributed by atoms with E-state index in [1.165, 1.54) is 0 Å². The summed E-state index contributed by atoms with van der Waals surface area (Å²) in [5.41, 5.74) is 8.19. The number of fused-ring (bicyclic) bond motifs is 6. The summed E-state index contributed by atoms with van der Waals surface area (Å²) in [4.78, 5) is 0. The van der Waals surface area contributed by atoms with Crippen LogP contribution in [0.25, 0.3) is 66.1 Å². The van der Waals surface area contributed by atoms with Crippen molar-refractivity contribution in [1.82, 2.24) is 0 Å². The highest BCUT2D eigenvalue weighted by Gasteiger charge is 2.51. The van der Waals surface area contributed by atoms with Crippen LogP contribution in [0.1, 0.15) is 27.7 Å². The zero-order chi connectivity index (χ0) is 27.9. The van der Waals surface area contributed by atoms with Crippen molar-refractivity contribution in [3.63, 3.8) is 0 Å². The van der Waals surface area contributed by atoms with E-state index in [0.29, 0.717) is 0 Å². The van der Waals surface area contributed by atoms with Crippen LogP contribution in [0.5, 0.6) is 0 Å². The third-order valence-corrected chi connectivity index (χ3v) is 8.96. The first-order chi connectivity index (χ1) is 19.8. The lowest BCUT2D eigenvalue weighted by molar-refractivity contribution is 0.00578. The van der Waals surface area contributed by atoms with Gasteiger partial charge in [-0.15, -0.1) is 0 Å². The Labute approximate surface area is 238 Å². The van der Waals surface area contributed by atoms with Gasteiger partial charge in [-0.2, -0.15) is 0 Å². The maximum atomic E-state index is 6.56. The van der Waals surface area contributed by atoms with Gasteiger partial charge in [-0.25, -0.2) is 0 Å². The molecule has 1 aliphatic rings. The molecule has 8 rings (SSSR count). The summed E-state index contributed by atoms with van der Waals surface area (Å²) in [5, 5.41) is 4.45. The molecular formula is C36H29BO4. The number of hydrogen-bond donors (Lipinski definition) is 0. The van der Waals surface area contributed by atoms with Gasteiger partial charge in [-0.1, -0.05) is 72.8 Å². The molecular weight excluding hydrogens is 507 g/mol. The quantitative estimate of drug-likeness (QED) is 0.211. The molecule has 0 radical (unpaired) electrons. The highest BCUT2D eigenvalue weighted by molar-refractivity contribution is 6.62. The fourth-order valence-electron chi connectivity index (χ4n) is 5.99. The monoisotopic (exact) mass is 536 g/mol. The Balaban J connectivity index is 1.27. The average Bonchev–Trinajstić information content (AvgIpc) is 3.61. The van der Waals surface area contributed by atoms with E-state index in [1.54, 1.807) is 0 Å². The normalized spacial score (nSPS) is 16.4. The van der Waals surface area contributed by atoms with Crippen molar-refractivity contribution in [3.8, 4) is 22.3 Å². The summed E-state index contributed by atoms with van der Waals surface area (Å²) in [6.07, 6.45) is 0. The molecule has 2 aromatic heterocycles. The number of benzene rings is 5. The van der Waals surface area contributed by atoms with E-state index in [2.05, 4.69) is 107 Å². The lowest BCUT2D eigenvalue weighted by Gasteiger charge is -2.32. The van der Waals surface area contributed by atoms with Crippen molar-refractivity contribution in [3.05, 3.63) is 103 Å². The van der Waals surface area contributed by atoms with Crippen LogP contribution in [0.4, 0.5) is 0 Å². The predicted octanol–water partition coefficient (Wildman–Crippen LogP) is 9.12. The van der Waals surface area contributed by atoms with Gasteiger partial charge < -0.3 is 18.1 Å². The number of para-hydroxylation sites is 2. The Kier molecular flexibility index (Phi) is 5.13. The van der Waals surface area contributed by atoms with Crippen LogP contribution in [0.3, 0.4) is 0 Å². The SMILES string of the molecule is CC1(C)OB(c2ccc(-c3ccc(-c4ccc5oc6ccccc6c5c4)c4c3oc3ccccc34)cc2)OC1(C)C. The molecule has 4 nitrogen and oxygen atoms in total. The van der Waals surface area contributed by atoms with Gasteiger partial charge in [0.2, 0.25) is 0 Å². The van der Waals surface area contributed by atoms with Crippen LogP contribution in [0.15, 0.2) is 112 Å². The van der Waals surface area contributed by atoms with Gasteiger partial charge in [0.1, 0.15) is 22.3 Å². The predicted molar refractivity (Wildman–Crippen MR) is 168 cm³/mol. The molecule has 5 heteroatoms. The van der Waals surface area contributed by atoms with E-state index in [9.17, 15) is 0 Å². The molecule has 0 N–H and O–H groups in total. The van der Waals surface area contributed by atoms with Crippen LogP contribution >= 0.6 is 0 Å². The van der Waals surface area contributed by atoms with Gasteiger partial charge in [0.15, 0.2) is 0 Å². The van der Waals surface area contributed by atoms with E-state index in [0.717, 1.165) is 71.6 Å². The minimum atomic E-state index is -0.392. The van der Waals surface area contributed by atoms with Crippen molar-refractivity contribution in [1.29, 1.82) is 0 Å². The van der Waals surface area contributed by atoms with Gasteiger partial charge in [-0.05, 0) is 80.2 Å². The largest absolute Gasteiger partial charge is 0.494 e.